The summed E-state index contributed by atoms with van der Waals surface area (Å²) in [6.07, 6.45) is 4.28. The number of halogens is 1. The molecule has 0 amide bonds. The minimum Gasteiger partial charge on any atom is -0.337 e. The fraction of sp³-hybridized carbons (Fsp3) is 0.167. The fourth-order valence-electron chi connectivity index (χ4n) is 3.69. The standard InChI is InChI=1S/C24H22FN7/c1-32(2)13-11-21-28-24(31-30-21)17-7-5-6-15-18-14-26-12-10-16(18)23(29-22(15)17)27-20-9-4-3-8-19(20)25/h3-10,12,14H,11,13H2,1-2H3,(H,27,29)(H,28,30,31). The Morgan fingerprint density at radius 1 is 0.969 bits per heavy atom. The van der Waals surface area contributed by atoms with E-state index in [4.69, 9.17) is 4.98 Å². The number of fused-ring (bicyclic) bond motifs is 3. The van der Waals surface area contributed by atoms with Crippen molar-refractivity contribution in [1.29, 1.82) is 0 Å². The lowest BCUT2D eigenvalue weighted by Crippen LogP contribution is -2.15. The van der Waals surface area contributed by atoms with Gasteiger partial charge in [0.1, 0.15) is 17.5 Å². The van der Waals surface area contributed by atoms with E-state index in [-0.39, 0.29) is 5.82 Å². The Labute approximate surface area is 184 Å². The second-order valence-corrected chi connectivity index (χ2v) is 7.85. The lowest BCUT2D eigenvalue weighted by atomic mass is 10.0. The van der Waals surface area contributed by atoms with Crippen molar-refractivity contribution in [2.24, 2.45) is 0 Å². The number of para-hydroxylation sites is 2. The predicted octanol–water partition coefficient (Wildman–Crippen LogP) is 4.55. The van der Waals surface area contributed by atoms with Gasteiger partial charge in [-0.1, -0.05) is 24.3 Å². The average Bonchev–Trinajstić information content (AvgIpc) is 3.28. The maximum atomic E-state index is 14.3. The van der Waals surface area contributed by atoms with Crippen molar-refractivity contribution in [2.45, 2.75) is 6.42 Å². The lowest BCUT2D eigenvalue weighted by Gasteiger charge is -2.13. The number of aromatic nitrogens is 5. The molecule has 0 fully saturated rings. The first-order valence-corrected chi connectivity index (χ1v) is 10.3. The van der Waals surface area contributed by atoms with E-state index in [2.05, 4.69) is 30.4 Å². The molecular weight excluding hydrogens is 405 g/mol. The molecule has 0 radical (unpaired) electrons. The highest BCUT2D eigenvalue weighted by molar-refractivity contribution is 6.13. The first-order chi connectivity index (χ1) is 15.6. The Balaban J connectivity index is 1.66. The van der Waals surface area contributed by atoms with Gasteiger partial charge in [-0.2, -0.15) is 5.10 Å². The molecular formula is C24H22FN7. The van der Waals surface area contributed by atoms with Crippen LogP contribution < -0.4 is 5.32 Å². The molecule has 0 saturated carbocycles. The summed E-state index contributed by atoms with van der Waals surface area (Å²) < 4.78 is 14.3. The molecule has 32 heavy (non-hydrogen) atoms. The third-order valence-electron chi connectivity index (χ3n) is 5.32. The highest BCUT2D eigenvalue weighted by Gasteiger charge is 2.16. The van der Waals surface area contributed by atoms with Gasteiger partial charge in [-0.25, -0.2) is 14.4 Å². The zero-order valence-electron chi connectivity index (χ0n) is 17.8. The SMILES string of the molecule is CN(C)CCc1nc(-c2cccc3c2nc(Nc2ccccc2F)c2ccncc23)n[nH]1. The Kier molecular flexibility index (Phi) is 5.20. The Hall–Kier alpha value is -3.91. The summed E-state index contributed by atoms with van der Waals surface area (Å²) in [6, 6.07) is 14.3. The van der Waals surface area contributed by atoms with Crippen molar-refractivity contribution in [2.75, 3.05) is 26.0 Å². The molecule has 2 aromatic carbocycles. The van der Waals surface area contributed by atoms with E-state index in [1.165, 1.54) is 6.07 Å². The van der Waals surface area contributed by atoms with Gasteiger partial charge in [0, 0.05) is 47.1 Å². The van der Waals surface area contributed by atoms with Crippen LogP contribution in [-0.4, -0.2) is 50.7 Å². The molecule has 5 aromatic rings. The number of benzene rings is 2. The van der Waals surface area contributed by atoms with Gasteiger partial charge in [0.25, 0.3) is 0 Å². The van der Waals surface area contributed by atoms with E-state index in [0.717, 1.165) is 46.0 Å². The summed E-state index contributed by atoms with van der Waals surface area (Å²) in [6.45, 7) is 0.870. The van der Waals surface area contributed by atoms with Crippen LogP contribution in [0.15, 0.2) is 60.9 Å². The molecule has 5 rings (SSSR count). The van der Waals surface area contributed by atoms with Crippen LogP contribution in [0.1, 0.15) is 5.82 Å². The van der Waals surface area contributed by atoms with Crippen LogP contribution in [0.25, 0.3) is 33.1 Å². The molecule has 0 saturated heterocycles. The third kappa shape index (κ3) is 3.76. The average molecular weight is 427 g/mol. The molecule has 0 aliphatic rings. The molecule has 160 valence electrons. The van der Waals surface area contributed by atoms with Crippen molar-refractivity contribution in [1.82, 2.24) is 30.0 Å². The van der Waals surface area contributed by atoms with Gasteiger partial charge in [-0.05, 0) is 38.4 Å². The molecule has 2 N–H and O–H groups in total. The number of H-pyrrole nitrogens is 1. The second kappa shape index (κ2) is 8.32. The second-order valence-electron chi connectivity index (χ2n) is 7.85. The number of nitrogens with zero attached hydrogens (tertiary/aromatic N) is 5. The van der Waals surface area contributed by atoms with E-state index in [1.54, 1.807) is 30.6 Å². The number of aromatic amines is 1. The predicted molar refractivity (Wildman–Crippen MR) is 124 cm³/mol. The number of hydrogen-bond donors (Lipinski definition) is 2. The minimum absolute atomic E-state index is 0.343. The van der Waals surface area contributed by atoms with Crippen LogP contribution in [0.2, 0.25) is 0 Å². The molecule has 0 bridgehead atoms. The molecule has 8 heteroatoms. The van der Waals surface area contributed by atoms with Gasteiger partial charge >= 0.3 is 0 Å². The van der Waals surface area contributed by atoms with Gasteiger partial charge in [0.15, 0.2) is 5.82 Å². The van der Waals surface area contributed by atoms with Gasteiger partial charge < -0.3 is 10.2 Å². The number of hydrogen-bond acceptors (Lipinski definition) is 6. The molecule has 0 aliphatic carbocycles. The van der Waals surface area contributed by atoms with Crippen LogP contribution in [-0.2, 0) is 6.42 Å². The van der Waals surface area contributed by atoms with E-state index in [0.29, 0.717) is 17.3 Å². The summed E-state index contributed by atoms with van der Waals surface area (Å²) >= 11 is 0. The van der Waals surface area contributed by atoms with Crippen molar-refractivity contribution >= 4 is 33.2 Å². The normalized spacial score (nSPS) is 11.5. The van der Waals surface area contributed by atoms with Crippen LogP contribution in [0, 0.1) is 5.82 Å². The van der Waals surface area contributed by atoms with Gasteiger partial charge in [-0.15, -0.1) is 0 Å². The number of rotatable bonds is 6. The summed E-state index contributed by atoms with van der Waals surface area (Å²) in [5, 5.41) is 13.3. The van der Waals surface area contributed by atoms with Crippen LogP contribution >= 0.6 is 0 Å². The molecule has 3 aromatic heterocycles. The Morgan fingerprint density at radius 2 is 1.84 bits per heavy atom. The Bertz CT molecular complexity index is 1410. The highest BCUT2D eigenvalue weighted by atomic mass is 19.1. The number of likely N-dealkylation sites (N-methyl/N-ethyl adjacent to an activating group) is 1. The van der Waals surface area contributed by atoms with Crippen molar-refractivity contribution in [3.05, 3.63) is 72.6 Å². The highest BCUT2D eigenvalue weighted by Crippen LogP contribution is 2.34. The van der Waals surface area contributed by atoms with Crippen LogP contribution in [0.3, 0.4) is 0 Å². The lowest BCUT2D eigenvalue weighted by molar-refractivity contribution is 0.410. The maximum Gasteiger partial charge on any atom is 0.183 e. The number of nitrogens with one attached hydrogen (secondary N) is 2. The molecule has 0 unspecified atom stereocenters. The summed E-state index contributed by atoms with van der Waals surface area (Å²) in [5.41, 5.74) is 1.89. The fourth-order valence-corrected chi connectivity index (χ4v) is 3.69. The first kappa shape index (κ1) is 20.0. The van der Waals surface area contributed by atoms with Gasteiger partial charge in [0.2, 0.25) is 0 Å². The molecule has 7 nitrogen and oxygen atoms in total. The maximum absolute atomic E-state index is 14.3. The largest absolute Gasteiger partial charge is 0.337 e. The summed E-state index contributed by atoms with van der Waals surface area (Å²) in [7, 11) is 4.05. The molecule has 3 heterocycles. The third-order valence-corrected chi connectivity index (χ3v) is 5.32. The van der Waals surface area contributed by atoms with Gasteiger partial charge in [-0.3, -0.25) is 10.1 Å². The molecule has 0 atom stereocenters. The van der Waals surface area contributed by atoms with E-state index in [9.17, 15) is 4.39 Å². The van der Waals surface area contributed by atoms with Crippen molar-refractivity contribution < 1.29 is 4.39 Å². The van der Waals surface area contributed by atoms with E-state index < -0.39 is 0 Å². The monoisotopic (exact) mass is 427 g/mol. The minimum atomic E-state index is -0.343. The smallest absolute Gasteiger partial charge is 0.183 e. The number of anilines is 2. The summed E-state index contributed by atoms with van der Waals surface area (Å²) in [5.74, 6) is 1.61. The molecule has 0 aliphatic heterocycles. The quantitative estimate of drug-likeness (QED) is 0.387. The zero-order chi connectivity index (χ0) is 22.1. The summed E-state index contributed by atoms with van der Waals surface area (Å²) in [4.78, 5) is 16.0. The topological polar surface area (TPSA) is 82.6 Å². The van der Waals surface area contributed by atoms with Crippen molar-refractivity contribution in [3.8, 4) is 11.4 Å². The first-order valence-electron chi connectivity index (χ1n) is 10.3. The van der Waals surface area contributed by atoms with E-state index >= 15 is 0 Å². The van der Waals surface area contributed by atoms with Crippen LogP contribution in [0.4, 0.5) is 15.9 Å². The number of pyridine rings is 2. The van der Waals surface area contributed by atoms with Gasteiger partial charge in [0.05, 0.1) is 11.2 Å². The Morgan fingerprint density at radius 3 is 2.69 bits per heavy atom. The van der Waals surface area contributed by atoms with Crippen LogP contribution in [0.5, 0.6) is 0 Å². The molecule has 0 spiro atoms. The zero-order valence-corrected chi connectivity index (χ0v) is 17.8. The van der Waals surface area contributed by atoms with Crippen molar-refractivity contribution in [3.63, 3.8) is 0 Å². The van der Waals surface area contributed by atoms with E-state index in [1.807, 2.05) is 38.4 Å².